The molecule has 2 aliphatic rings. The predicted octanol–water partition coefficient (Wildman–Crippen LogP) is 2.81. The molecule has 0 bridgehead atoms. The molecule has 170 valence electrons. The summed E-state index contributed by atoms with van der Waals surface area (Å²) in [6.45, 7) is 3.93. The Bertz CT molecular complexity index is 965. The van der Waals surface area contributed by atoms with Crippen LogP contribution in [0.4, 0.5) is 11.6 Å². The molecule has 3 heterocycles. The van der Waals surface area contributed by atoms with Crippen molar-refractivity contribution in [2.24, 2.45) is 11.8 Å². The van der Waals surface area contributed by atoms with E-state index in [2.05, 4.69) is 14.9 Å². The molecule has 2 saturated heterocycles. The van der Waals surface area contributed by atoms with Gasteiger partial charge in [0.2, 0.25) is 11.9 Å². The number of anilines is 2. The first-order valence-corrected chi connectivity index (χ1v) is 11.5. The van der Waals surface area contributed by atoms with Gasteiger partial charge in [-0.25, -0.2) is 9.97 Å². The first kappa shape index (κ1) is 22.5. The molecule has 0 atom stereocenters. The van der Waals surface area contributed by atoms with Crippen LogP contribution in [-0.4, -0.2) is 57.6 Å². The quantitative estimate of drug-likeness (QED) is 0.470. The summed E-state index contributed by atoms with van der Waals surface area (Å²) in [5, 5.41) is 9.18. The summed E-state index contributed by atoms with van der Waals surface area (Å²) < 4.78 is 0. The molecule has 1 amide bonds. The van der Waals surface area contributed by atoms with Gasteiger partial charge < -0.3 is 21.8 Å². The highest BCUT2D eigenvalue weighted by molar-refractivity contribution is 6.31. The van der Waals surface area contributed by atoms with Gasteiger partial charge in [-0.15, -0.1) is 0 Å². The Hall–Kier alpha value is -2.71. The number of hydrogen-bond acceptors (Lipinski definition) is 7. The van der Waals surface area contributed by atoms with E-state index < -0.39 is 0 Å². The standard InChI is InChI=1S/C23H30ClN7O/c24-18-1-2-20(25)19(11-18)21(26)16-5-9-31(10-6-16)22(32)17-3-7-30(8-4-17)14-15-12-28-23(27)29-13-15/h1-2,11-13,16-17,26H,3-10,14,25H2,(H2,27,28,29). The molecule has 8 nitrogen and oxygen atoms in total. The van der Waals surface area contributed by atoms with Crippen molar-refractivity contribution in [2.75, 3.05) is 37.6 Å². The van der Waals surface area contributed by atoms with E-state index in [1.165, 1.54) is 0 Å². The SMILES string of the molecule is N=C(c1cc(Cl)ccc1N)C1CCN(C(=O)C2CCN(Cc3cnc(N)nc3)CC2)CC1. The smallest absolute Gasteiger partial charge is 0.225 e. The minimum Gasteiger partial charge on any atom is -0.398 e. The van der Waals surface area contributed by atoms with Gasteiger partial charge in [0.05, 0.1) is 0 Å². The number of likely N-dealkylation sites (tertiary alicyclic amines) is 2. The van der Waals surface area contributed by atoms with Crippen molar-refractivity contribution >= 4 is 34.9 Å². The van der Waals surface area contributed by atoms with Crippen LogP contribution in [0, 0.1) is 17.2 Å². The fourth-order valence-electron chi connectivity index (χ4n) is 4.67. The number of nitrogens with one attached hydrogen (secondary N) is 1. The second kappa shape index (κ2) is 9.83. The molecule has 2 aliphatic heterocycles. The van der Waals surface area contributed by atoms with E-state index in [1.54, 1.807) is 30.6 Å². The van der Waals surface area contributed by atoms with Crippen molar-refractivity contribution < 1.29 is 4.79 Å². The molecule has 2 aromatic rings. The molecule has 1 aromatic carbocycles. The maximum atomic E-state index is 13.1. The number of carbonyl (C=O) groups excluding carboxylic acids is 1. The van der Waals surface area contributed by atoms with E-state index in [0.29, 0.717) is 35.1 Å². The van der Waals surface area contributed by atoms with Crippen LogP contribution in [0.2, 0.25) is 5.02 Å². The van der Waals surface area contributed by atoms with Crippen LogP contribution >= 0.6 is 11.6 Å². The lowest BCUT2D eigenvalue weighted by atomic mass is 9.86. The van der Waals surface area contributed by atoms with Crippen LogP contribution in [0.1, 0.15) is 36.8 Å². The second-order valence-electron chi connectivity index (χ2n) is 8.74. The molecule has 1 aromatic heterocycles. The molecule has 0 unspecified atom stereocenters. The normalized spacial score (nSPS) is 18.6. The Morgan fingerprint density at radius 3 is 2.31 bits per heavy atom. The molecule has 0 saturated carbocycles. The maximum Gasteiger partial charge on any atom is 0.225 e. The maximum absolute atomic E-state index is 13.1. The number of amides is 1. The van der Waals surface area contributed by atoms with E-state index in [0.717, 1.165) is 50.9 Å². The number of piperidine rings is 2. The third-order valence-electron chi connectivity index (χ3n) is 6.59. The minimum atomic E-state index is 0.0773. The average molecular weight is 456 g/mol. The van der Waals surface area contributed by atoms with E-state index in [-0.39, 0.29) is 23.7 Å². The summed E-state index contributed by atoms with van der Waals surface area (Å²) >= 11 is 6.09. The molecule has 32 heavy (non-hydrogen) atoms. The topological polar surface area (TPSA) is 125 Å². The Labute approximate surface area is 193 Å². The van der Waals surface area contributed by atoms with Crippen LogP contribution in [-0.2, 0) is 11.3 Å². The number of nitrogen functional groups attached to an aromatic ring is 2. The molecule has 0 spiro atoms. The van der Waals surface area contributed by atoms with Crippen molar-refractivity contribution in [1.82, 2.24) is 19.8 Å². The van der Waals surface area contributed by atoms with Gasteiger partial charge >= 0.3 is 0 Å². The number of hydrogen-bond donors (Lipinski definition) is 3. The van der Waals surface area contributed by atoms with E-state index in [4.69, 9.17) is 28.5 Å². The predicted molar refractivity (Wildman–Crippen MR) is 126 cm³/mol. The number of benzene rings is 1. The number of carbonyl (C=O) groups is 1. The minimum absolute atomic E-state index is 0.0773. The molecule has 2 fully saturated rings. The molecule has 9 heteroatoms. The zero-order valence-corrected chi connectivity index (χ0v) is 18.9. The van der Waals surface area contributed by atoms with Crippen molar-refractivity contribution in [2.45, 2.75) is 32.2 Å². The van der Waals surface area contributed by atoms with Crippen LogP contribution in [0.25, 0.3) is 0 Å². The fourth-order valence-corrected chi connectivity index (χ4v) is 4.84. The van der Waals surface area contributed by atoms with Gasteiger partial charge in [0.1, 0.15) is 0 Å². The highest BCUT2D eigenvalue weighted by Gasteiger charge is 2.32. The highest BCUT2D eigenvalue weighted by Crippen LogP contribution is 2.28. The number of rotatable bonds is 5. The first-order chi connectivity index (χ1) is 15.4. The summed E-state index contributed by atoms with van der Waals surface area (Å²) in [4.78, 5) is 25.5. The molecule has 4 rings (SSSR count). The van der Waals surface area contributed by atoms with Gasteiger partial charge in [-0.2, -0.15) is 0 Å². The highest BCUT2D eigenvalue weighted by atomic mass is 35.5. The first-order valence-electron chi connectivity index (χ1n) is 11.1. The van der Waals surface area contributed by atoms with Crippen molar-refractivity contribution in [1.29, 1.82) is 5.41 Å². The molecule has 0 radical (unpaired) electrons. The lowest BCUT2D eigenvalue weighted by molar-refractivity contribution is -0.138. The van der Waals surface area contributed by atoms with Crippen LogP contribution in [0.3, 0.4) is 0 Å². The molecular weight excluding hydrogens is 426 g/mol. The zero-order chi connectivity index (χ0) is 22.7. The Kier molecular flexibility index (Phi) is 6.91. The monoisotopic (exact) mass is 455 g/mol. The summed E-state index contributed by atoms with van der Waals surface area (Å²) in [5.41, 5.74) is 14.5. The van der Waals surface area contributed by atoms with Crippen molar-refractivity contribution in [3.8, 4) is 0 Å². The van der Waals surface area contributed by atoms with Crippen LogP contribution in [0.5, 0.6) is 0 Å². The van der Waals surface area contributed by atoms with Crippen LogP contribution < -0.4 is 11.5 Å². The lowest BCUT2D eigenvalue weighted by Crippen LogP contribution is -2.46. The van der Waals surface area contributed by atoms with Gasteiger partial charge in [0, 0.05) is 71.4 Å². The fraction of sp³-hybridized carbons (Fsp3) is 0.478. The molecule has 5 N–H and O–H groups in total. The summed E-state index contributed by atoms with van der Waals surface area (Å²) in [6, 6.07) is 5.25. The number of halogens is 1. The summed E-state index contributed by atoms with van der Waals surface area (Å²) in [7, 11) is 0. The van der Waals surface area contributed by atoms with Crippen LogP contribution in [0.15, 0.2) is 30.6 Å². The van der Waals surface area contributed by atoms with Gasteiger partial charge in [0.25, 0.3) is 0 Å². The average Bonchev–Trinajstić information content (AvgIpc) is 2.82. The molecular formula is C23H30ClN7O. The van der Waals surface area contributed by atoms with E-state index in [9.17, 15) is 4.79 Å². The lowest BCUT2D eigenvalue weighted by Gasteiger charge is -2.37. The molecule has 0 aliphatic carbocycles. The Balaban J connectivity index is 1.25. The third kappa shape index (κ3) is 5.19. The van der Waals surface area contributed by atoms with Gasteiger partial charge in [-0.1, -0.05) is 11.6 Å². The van der Waals surface area contributed by atoms with Crippen molar-refractivity contribution in [3.63, 3.8) is 0 Å². The number of nitrogens with two attached hydrogens (primary N) is 2. The zero-order valence-electron chi connectivity index (χ0n) is 18.1. The largest absolute Gasteiger partial charge is 0.398 e. The number of nitrogens with zero attached hydrogens (tertiary/aromatic N) is 4. The van der Waals surface area contributed by atoms with Crippen molar-refractivity contribution in [3.05, 3.63) is 46.7 Å². The van der Waals surface area contributed by atoms with E-state index >= 15 is 0 Å². The second-order valence-corrected chi connectivity index (χ2v) is 9.18. The summed E-state index contributed by atoms with van der Waals surface area (Å²) in [5.74, 6) is 0.720. The van der Waals surface area contributed by atoms with E-state index in [1.807, 2.05) is 4.90 Å². The third-order valence-corrected chi connectivity index (χ3v) is 6.82. The Morgan fingerprint density at radius 2 is 1.66 bits per heavy atom. The number of aromatic nitrogens is 2. The van der Waals surface area contributed by atoms with Gasteiger partial charge in [0.15, 0.2) is 0 Å². The van der Waals surface area contributed by atoms with Gasteiger partial charge in [-0.3, -0.25) is 9.69 Å². The Morgan fingerprint density at radius 1 is 1.03 bits per heavy atom. The van der Waals surface area contributed by atoms with Gasteiger partial charge in [-0.05, 0) is 57.0 Å². The summed E-state index contributed by atoms with van der Waals surface area (Å²) in [6.07, 6.45) is 6.82.